The highest BCUT2D eigenvalue weighted by Crippen LogP contribution is 2.10. The van der Waals surface area contributed by atoms with Gasteiger partial charge < -0.3 is 9.94 Å². The summed E-state index contributed by atoms with van der Waals surface area (Å²) in [6.07, 6.45) is 1.20. The Hall–Kier alpha value is -0.630. The van der Waals surface area contributed by atoms with Crippen LogP contribution in [0.15, 0.2) is 12.2 Å². The van der Waals surface area contributed by atoms with Crippen LogP contribution in [-0.4, -0.2) is 26.3 Å². The van der Waals surface area contributed by atoms with Gasteiger partial charge >= 0.3 is 3.98 Å². The number of carbonyl (C=O) groups is 2. The quantitative estimate of drug-likeness (QED) is 0.545. The maximum Gasteiger partial charge on any atom is 0.391 e. The van der Waals surface area contributed by atoms with Gasteiger partial charge in [0.1, 0.15) is 0 Å². The lowest BCUT2D eigenvalue weighted by molar-refractivity contribution is -0.180. The van der Waals surface area contributed by atoms with E-state index in [1.807, 2.05) is 0 Å². The van der Waals surface area contributed by atoms with Gasteiger partial charge in [0.25, 0.3) is 5.91 Å². The van der Waals surface area contributed by atoms with Gasteiger partial charge in [-0.05, 0) is 6.08 Å². The minimum atomic E-state index is -1.15. The third kappa shape index (κ3) is 1.90. The fourth-order valence-electron chi connectivity index (χ4n) is 0.627. The molecule has 0 aliphatic carbocycles. The Morgan fingerprint density at radius 2 is 2.45 bits per heavy atom. The fraction of sp³-hybridized carbons (Fsp3) is 0.200. The van der Waals surface area contributed by atoms with E-state index in [4.69, 9.17) is 5.11 Å². The van der Waals surface area contributed by atoms with Crippen LogP contribution in [0.3, 0.4) is 0 Å². The number of halogens is 1. The Morgan fingerprint density at radius 3 is 2.82 bits per heavy atom. The molecule has 1 aliphatic heterocycles. The number of aliphatic hydroxyl groups is 1. The minimum Gasteiger partial charge on any atom is -0.367 e. The number of hydrogen-bond acceptors (Lipinski definition) is 4. The van der Waals surface area contributed by atoms with Crippen molar-refractivity contribution in [1.29, 1.82) is 0 Å². The van der Waals surface area contributed by atoms with E-state index in [0.29, 0.717) is 5.06 Å². The minimum absolute atomic E-state index is 0.539. The number of rotatable bonds is 1. The van der Waals surface area contributed by atoms with Crippen LogP contribution >= 0.6 is 22.6 Å². The predicted molar refractivity (Wildman–Crippen MR) is 42.5 cm³/mol. The maximum absolute atomic E-state index is 10.7. The molecule has 1 unspecified atom stereocenters. The topological polar surface area (TPSA) is 66.8 Å². The first-order valence-electron chi connectivity index (χ1n) is 2.68. The Balaban J connectivity index is 2.59. The first-order valence-corrected chi connectivity index (χ1v) is 3.76. The lowest BCUT2D eigenvalue weighted by Crippen LogP contribution is -2.34. The molecule has 5 nitrogen and oxygen atoms in total. The molecule has 1 heterocycles. The molecule has 60 valence electrons. The zero-order valence-corrected chi connectivity index (χ0v) is 7.39. The third-order valence-corrected chi connectivity index (χ3v) is 1.24. The van der Waals surface area contributed by atoms with Gasteiger partial charge in [0.15, 0.2) is 6.23 Å². The summed E-state index contributed by atoms with van der Waals surface area (Å²) in [6.45, 7) is 0. The Morgan fingerprint density at radius 1 is 1.82 bits per heavy atom. The van der Waals surface area contributed by atoms with E-state index < -0.39 is 16.1 Å². The molecule has 1 atom stereocenters. The molecule has 0 radical (unpaired) electrons. The number of nitrogens with zero attached hydrogens (tertiary/aromatic N) is 1. The Labute approximate surface area is 75.7 Å². The van der Waals surface area contributed by atoms with Crippen LogP contribution < -0.4 is 0 Å². The van der Waals surface area contributed by atoms with Crippen LogP contribution in [0.25, 0.3) is 0 Å². The second-order valence-electron chi connectivity index (χ2n) is 1.77. The average molecular weight is 269 g/mol. The van der Waals surface area contributed by atoms with Crippen LogP contribution in [0.1, 0.15) is 0 Å². The molecule has 0 saturated carbocycles. The Kier molecular flexibility index (Phi) is 2.45. The molecule has 6 heteroatoms. The van der Waals surface area contributed by atoms with Crippen molar-refractivity contribution in [2.24, 2.45) is 0 Å². The second kappa shape index (κ2) is 3.18. The molecular formula is C5H4INO4. The third-order valence-electron chi connectivity index (χ3n) is 1.04. The van der Waals surface area contributed by atoms with Gasteiger partial charge in [0.05, 0.1) is 22.6 Å². The molecule has 1 aliphatic rings. The van der Waals surface area contributed by atoms with Gasteiger partial charge in [-0.3, -0.25) is 4.79 Å². The van der Waals surface area contributed by atoms with E-state index in [-0.39, 0.29) is 0 Å². The zero-order valence-electron chi connectivity index (χ0n) is 5.23. The molecule has 11 heavy (non-hydrogen) atoms. The smallest absolute Gasteiger partial charge is 0.367 e. The molecule has 0 bridgehead atoms. The van der Waals surface area contributed by atoms with Crippen LogP contribution in [-0.2, 0) is 9.63 Å². The van der Waals surface area contributed by atoms with Crippen molar-refractivity contribution in [3.8, 4) is 0 Å². The van der Waals surface area contributed by atoms with Crippen molar-refractivity contribution in [1.82, 2.24) is 5.06 Å². The summed E-state index contributed by atoms with van der Waals surface area (Å²) in [4.78, 5) is 25.4. The van der Waals surface area contributed by atoms with E-state index in [2.05, 4.69) is 4.84 Å². The van der Waals surface area contributed by atoms with Gasteiger partial charge in [-0.1, -0.05) is 0 Å². The second-order valence-corrected chi connectivity index (χ2v) is 2.65. The van der Waals surface area contributed by atoms with Crippen molar-refractivity contribution in [2.45, 2.75) is 6.23 Å². The normalized spacial score (nSPS) is 22.5. The van der Waals surface area contributed by atoms with Gasteiger partial charge in [-0.2, -0.15) is 0 Å². The van der Waals surface area contributed by atoms with Crippen molar-refractivity contribution in [2.75, 3.05) is 0 Å². The molecule has 1 N–H and O–H groups in total. The van der Waals surface area contributed by atoms with Crippen molar-refractivity contribution in [3.63, 3.8) is 0 Å². The molecule has 0 aromatic rings. The Bertz CT molecular complexity index is 227. The molecule has 0 aromatic carbocycles. The maximum atomic E-state index is 10.7. The summed E-state index contributed by atoms with van der Waals surface area (Å²) in [5, 5.41) is 9.54. The fourth-order valence-corrected chi connectivity index (χ4v) is 0.839. The van der Waals surface area contributed by atoms with Gasteiger partial charge in [0, 0.05) is 6.08 Å². The van der Waals surface area contributed by atoms with Gasteiger partial charge in [0.2, 0.25) is 0 Å². The monoisotopic (exact) mass is 269 g/mol. The summed E-state index contributed by atoms with van der Waals surface area (Å²) in [5.41, 5.74) is 0. The SMILES string of the molecule is O=C(I)ON1C(=O)C=CC1O. The number of amides is 1. The van der Waals surface area contributed by atoms with E-state index in [1.165, 1.54) is 28.7 Å². The van der Waals surface area contributed by atoms with Gasteiger partial charge in [-0.15, -0.1) is 5.06 Å². The van der Waals surface area contributed by atoms with E-state index >= 15 is 0 Å². The highest BCUT2D eigenvalue weighted by molar-refractivity contribution is 14.1. The van der Waals surface area contributed by atoms with Crippen molar-refractivity contribution in [3.05, 3.63) is 12.2 Å². The molecule has 1 rings (SSSR count). The van der Waals surface area contributed by atoms with Crippen molar-refractivity contribution >= 4 is 32.5 Å². The number of hydrogen-bond donors (Lipinski definition) is 1. The zero-order chi connectivity index (χ0) is 8.43. The number of hydroxylamine groups is 2. The summed E-state index contributed by atoms with van der Waals surface area (Å²) in [5.74, 6) is -0.539. The summed E-state index contributed by atoms with van der Waals surface area (Å²) >= 11 is 1.36. The largest absolute Gasteiger partial charge is 0.391 e. The first kappa shape index (κ1) is 8.47. The highest BCUT2D eigenvalue weighted by atomic mass is 127. The van der Waals surface area contributed by atoms with E-state index in [1.54, 1.807) is 0 Å². The number of carbonyl (C=O) groups excluding carboxylic acids is 2. The van der Waals surface area contributed by atoms with Gasteiger partial charge in [-0.25, -0.2) is 4.79 Å². The summed E-state index contributed by atoms with van der Waals surface area (Å²) < 4.78 is -0.668. The molecule has 0 fully saturated rings. The van der Waals surface area contributed by atoms with Crippen LogP contribution in [0.4, 0.5) is 4.79 Å². The first-order chi connectivity index (χ1) is 5.11. The number of aliphatic hydroxyl groups excluding tert-OH is 1. The van der Waals surface area contributed by atoms with E-state index in [0.717, 1.165) is 6.08 Å². The van der Waals surface area contributed by atoms with Crippen LogP contribution in [0.2, 0.25) is 0 Å². The standard InChI is InChI=1S/C5H4INO4/c6-5(10)11-7-3(8)1-2-4(7)9/h1-3,8H. The molecular weight excluding hydrogens is 265 g/mol. The average Bonchev–Trinajstić information content (AvgIpc) is 2.18. The molecule has 0 spiro atoms. The summed E-state index contributed by atoms with van der Waals surface area (Å²) in [7, 11) is 0. The highest BCUT2D eigenvalue weighted by Gasteiger charge is 2.26. The summed E-state index contributed by atoms with van der Waals surface area (Å²) in [6, 6.07) is 0. The predicted octanol–water partition coefficient (Wildman–Crippen LogP) is 0.190. The van der Waals surface area contributed by atoms with Crippen molar-refractivity contribution < 1.29 is 19.5 Å². The molecule has 0 saturated heterocycles. The lowest BCUT2D eigenvalue weighted by Gasteiger charge is -2.16. The van der Waals surface area contributed by atoms with E-state index in [9.17, 15) is 9.59 Å². The van der Waals surface area contributed by atoms with Crippen LogP contribution in [0, 0.1) is 0 Å². The molecule has 1 amide bonds. The van der Waals surface area contributed by atoms with Crippen LogP contribution in [0.5, 0.6) is 0 Å². The lowest BCUT2D eigenvalue weighted by atomic mass is 10.5. The molecule has 0 aromatic heterocycles.